The molecule has 0 aliphatic carbocycles. The molecular formula is C24H35NO6. The third kappa shape index (κ3) is 5.39. The molecule has 1 spiro atoms. The van der Waals surface area contributed by atoms with Gasteiger partial charge in [-0.25, -0.2) is 4.79 Å². The Morgan fingerprint density at radius 3 is 2.00 bits per heavy atom. The summed E-state index contributed by atoms with van der Waals surface area (Å²) in [5, 5.41) is 0. The maximum Gasteiger partial charge on any atom is 0.410 e. The van der Waals surface area contributed by atoms with E-state index in [-0.39, 0.29) is 25.3 Å². The molecule has 3 rings (SSSR count). The number of likely N-dealkylation sites (tertiary alicyclic amines) is 1. The van der Waals surface area contributed by atoms with Gasteiger partial charge in [0.1, 0.15) is 13.2 Å². The Balaban J connectivity index is 1.68. The molecule has 7 heteroatoms. The van der Waals surface area contributed by atoms with E-state index in [2.05, 4.69) is 0 Å². The molecule has 2 heterocycles. The van der Waals surface area contributed by atoms with Crippen LogP contribution in [-0.2, 0) is 30.3 Å². The molecule has 7 nitrogen and oxygen atoms in total. The van der Waals surface area contributed by atoms with Gasteiger partial charge in [-0.05, 0) is 33.3 Å². The van der Waals surface area contributed by atoms with Crippen LogP contribution < -0.4 is 0 Å². The standard InChI is InChI=1S/C24H35NO6/c1-18(26)29-15-23(6)16-30-24(31-17-23)13-21(2,3)25(22(4,5)14-24)20(27)28-12-19-10-8-7-9-11-19/h7-11H,12-17H2,1-6H3. The predicted octanol–water partition coefficient (Wildman–Crippen LogP) is 4.29. The molecule has 0 atom stereocenters. The van der Waals surface area contributed by atoms with Gasteiger partial charge in [0, 0.05) is 36.3 Å². The molecule has 0 saturated carbocycles. The van der Waals surface area contributed by atoms with E-state index in [1.165, 1.54) is 6.92 Å². The van der Waals surface area contributed by atoms with Gasteiger partial charge >= 0.3 is 12.1 Å². The van der Waals surface area contributed by atoms with Crippen molar-refractivity contribution in [1.29, 1.82) is 0 Å². The van der Waals surface area contributed by atoms with Crippen molar-refractivity contribution in [3.63, 3.8) is 0 Å². The van der Waals surface area contributed by atoms with Gasteiger partial charge < -0.3 is 18.9 Å². The van der Waals surface area contributed by atoms with Crippen molar-refractivity contribution in [2.45, 2.75) is 77.9 Å². The van der Waals surface area contributed by atoms with Crippen LogP contribution in [0.4, 0.5) is 4.79 Å². The molecule has 1 aromatic carbocycles. The molecule has 2 saturated heterocycles. The summed E-state index contributed by atoms with van der Waals surface area (Å²) < 4.78 is 23.4. The quantitative estimate of drug-likeness (QED) is 0.660. The molecule has 1 amide bonds. The minimum atomic E-state index is -0.793. The minimum Gasteiger partial charge on any atom is -0.465 e. The lowest BCUT2D eigenvalue weighted by molar-refractivity contribution is -0.340. The first-order valence-corrected chi connectivity index (χ1v) is 10.8. The van der Waals surface area contributed by atoms with Gasteiger partial charge in [0.15, 0.2) is 5.79 Å². The summed E-state index contributed by atoms with van der Waals surface area (Å²) in [5.74, 6) is -1.11. The van der Waals surface area contributed by atoms with Crippen LogP contribution >= 0.6 is 0 Å². The number of benzene rings is 1. The summed E-state index contributed by atoms with van der Waals surface area (Å²) in [6.07, 6.45) is 0.699. The molecule has 0 bridgehead atoms. The number of amides is 1. The molecule has 0 unspecified atom stereocenters. The Morgan fingerprint density at radius 1 is 0.935 bits per heavy atom. The van der Waals surface area contributed by atoms with Gasteiger partial charge in [-0.2, -0.15) is 0 Å². The third-order valence-electron chi connectivity index (χ3n) is 5.99. The highest BCUT2D eigenvalue weighted by Crippen LogP contribution is 2.48. The van der Waals surface area contributed by atoms with E-state index in [1.54, 1.807) is 0 Å². The predicted molar refractivity (Wildman–Crippen MR) is 115 cm³/mol. The summed E-state index contributed by atoms with van der Waals surface area (Å²) in [6, 6.07) is 9.66. The number of carbonyl (C=O) groups is 2. The topological polar surface area (TPSA) is 74.3 Å². The lowest BCUT2D eigenvalue weighted by Crippen LogP contribution is -2.69. The van der Waals surface area contributed by atoms with Crippen molar-refractivity contribution < 1.29 is 28.5 Å². The van der Waals surface area contributed by atoms with Crippen LogP contribution in [0, 0.1) is 5.41 Å². The second kappa shape index (κ2) is 8.43. The number of hydrogen-bond acceptors (Lipinski definition) is 6. The van der Waals surface area contributed by atoms with E-state index in [9.17, 15) is 9.59 Å². The van der Waals surface area contributed by atoms with E-state index in [4.69, 9.17) is 18.9 Å². The van der Waals surface area contributed by atoms with Gasteiger partial charge in [-0.3, -0.25) is 9.69 Å². The summed E-state index contributed by atoms with van der Waals surface area (Å²) >= 11 is 0. The third-order valence-corrected chi connectivity index (χ3v) is 5.99. The monoisotopic (exact) mass is 433 g/mol. The van der Waals surface area contributed by atoms with Gasteiger partial charge in [0.25, 0.3) is 0 Å². The van der Waals surface area contributed by atoms with Crippen molar-refractivity contribution >= 4 is 12.1 Å². The Bertz CT molecular complexity index is 776. The van der Waals surface area contributed by atoms with Crippen molar-refractivity contribution in [3.05, 3.63) is 35.9 Å². The lowest BCUT2D eigenvalue weighted by Gasteiger charge is -2.59. The van der Waals surface area contributed by atoms with E-state index < -0.39 is 22.3 Å². The summed E-state index contributed by atoms with van der Waals surface area (Å²) in [5.41, 5.74) is -0.527. The average Bonchev–Trinajstić information content (AvgIpc) is 2.67. The number of piperidine rings is 1. The SMILES string of the molecule is CC(=O)OCC1(C)COC2(CC(C)(C)N(C(=O)OCc3ccccc3)C(C)(C)C2)OC1. The van der Waals surface area contributed by atoms with E-state index >= 15 is 0 Å². The van der Waals surface area contributed by atoms with E-state index in [1.807, 2.05) is 69.9 Å². The second-order valence-corrected chi connectivity index (χ2v) is 10.4. The molecule has 2 aliphatic heterocycles. The first-order valence-electron chi connectivity index (χ1n) is 10.8. The van der Waals surface area contributed by atoms with Crippen LogP contribution in [0.3, 0.4) is 0 Å². The molecular weight excluding hydrogens is 398 g/mol. The van der Waals surface area contributed by atoms with E-state index in [0.29, 0.717) is 26.1 Å². The first-order chi connectivity index (χ1) is 14.4. The van der Waals surface area contributed by atoms with Gasteiger partial charge in [-0.15, -0.1) is 0 Å². The number of carbonyl (C=O) groups excluding carboxylic acids is 2. The van der Waals surface area contributed by atoms with E-state index in [0.717, 1.165) is 5.56 Å². The first kappa shape index (κ1) is 23.5. The number of ether oxygens (including phenoxy) is 4. The molecule has 0 radical (unpaired) electrons. The maximum atomic E-state index is 13.1. The molecule has 2 aliphatic rings. The minimum absolute atomic E-state index is 0.231. The summed E-state index contributed by atoms with van der Waals surface area (Å²) in [6.45, 7) is 12.8. The zero-order chi connectivity index (χ0) is 22.9. The van der Waals surface area contributed by atoms with Gasteiger partial charge in [0.05, 0.1) is 13.2 Å². The highest BCUT2D eigenvalue weighted by atomic mass is 16.7. The Labute approximate surface area is 185 Å². The highest BCUT2D eigenvalue weighted by Gasteiger charge is 2.58. The van der Waals surface area contributed by atoms with Crippen LogP contribution in [0.25, 0.3) is 0 Å². The Kier molecular flexibility index (Phi) is 6.40. The van der Waals surface area contributed by atoms with Gasteiger partial charge in [-0.1, -0.05) is 37.3 Å². The van der Waals surface area contributed by atoms with Crippen molar-refractivity contribution in [3.8, 4) is 0 Å². The zero-order valence-corrected chi connectivity index (χ0v) is 19.5. The fraction of sp³-hybridized carbons (Fsp3) is 0.667. The number of nitrogens with zero attached hydrogens (tertiary/aromatic N) is 1. The Morgan fingerprint density at radius 2 is 1.48 bits per heavy atom. The van der Waals surface area contributed by atoms with Crippen LogP contribution in [0.15, 0.2) is 30.3 Å². The average molecular weight is 434 g/mol. The van der Waals surface area contributed by atoms with Gasteiger partial charge in [0.2, 0.25) is 0 Å². The van der Waals surface area contributed by atoms with Crippen molar-refractivity contribution in [1.82, 2.24) is 4.90 Å². The number of hydrogen-bond donors (Lipinski definition) is 0. The maximum absolute atomic E-state index is 13.1. The molecule has 2 fully saturated rings. The number of rotatable bonds is 4. The Hall–Kier alpha value is -2.12. The molecule has 1 aromatic rings. The van der Waals surface area contributed by atoms with Crippen LogP contribution in [0.1, 0.15) is 59.9 Å². The van der Waals surface area contributed by atoms with Crippen molar-refractivity contribution in [2.24, 2.45) is 5.41 Å². The summed E-state index contributed by atoms with van der Waals surface area (Å²) in [7, 11) is 0. The smallest absolute Gasteiger partial charge is 0.410 e. The highest BCUT2D eigenvalue weighted by molar-refractivity contribution is 5.70. The molecule has 0 aromatic heterocycles. The molecule has 172 valence electrons. The molecule has 0 N–H and O–H groups in total. The van der Waals surface area contributed by atoms with Crippen LogP contribution in [-0.4, -0.2) is 53.6 Å². The van der Waals surface area contributed by atoms with Crippen LogP contribution in [0.5, 0.6) is 0 Å². The largest absolute Gasteiger partial charge is 0.465 e. The van der Waals surface area contributed by atoms with Crippen LogP contribution in [0.2, 0.25) is 0 Å². The fourth-order valence-electron chi connectivity index (χ4n) is 4.89. The zero-order valence-electron chi connectivity index (χ0n) is 19.5. The fourth-order valence-corrected chi connectivity index (χ4v) is 4.89. The van der Waals surface area contributed by atoms with Crippen molar-refractivity contribution in [2.75, 3.05) is 19.8 Å². The second-order valence-electron chi connectivity index (χ2n) is 10.4. The normalized spacial score (nSPS) is 23.2. The lowest BCUT2D eigenvalue weighted by atomic mass is 9.75. The molecule has 31 heavy (non-hydrogen) atoms. The summed E-state index contributed by atoms with van der Waals surface area (Å²) in [4.78, 5) is 26.1. The number of esters is 1.